The van der Waals surface area contributed by atoms with Crippen LogP contribution in [0.2, 0.25) is 4.34 Å². The maximum Gasteiger partial charge on any atom is 0.329 e. The number of rotatable bonds is 7. The Bertz CT molecular complexity index is 438. The van der Waals surface area contributed by atoms with E-state index in [-0.39, 0.29) is 25.8 Å². The van der Waals surface area contributed by atoms with E-state index in [4.69, 9.17) is 21.4 Å². The van der Waals surface area contributed by atoms with Gasteiger partial charge in [0, 0.05) is 18.5 Å². The topological polar surface area (TPSA) is 78.9 Å². The fourth-order valence-corrected chi connectivity index (χ4v) is 2.41. The number of carbonyl (C=O) groups is 2. The van der Waals surface area contributed by atoms with E-state index in [1.165, 1.54) is 16.2 Å². The van der Waals surface area contributed by atoms with E-state index >= 15 is 0 Å². The van der Waals surface area contributed by atoms with E-state index in [2.05, 4.69) is 5.32 Å². The zero-order valence-corrected chi connectivity index (χ0v) is 12.0. The van der Waals surface area contributed by atoms with E-state index in [0.29, 0.717) is 10.9 Å². The van der Waals surface area contributed by atoms with Gasteiger partial charge in [-0.05, 0) is 12.1 Å². The van der Waals surface area contributed by atoms with E-state index in [0.717, 1.165) is 4.88 Å². The van der Waals surface area contributed by atoms with Crippen LogP contribution in [0.1, 0.15) is 4.88 Å². The van der Waals surface area contributed by atoms with Crippen molar-refractivity contribution in [1.29, 1.82) is 0 Å². The lowest BCUT2D eigenvalue weighted by atomic mass is 10.4. The third kappa shape index (κ3) is 6.42. The molecule has 0 aromatic carbocycles. The van der Waals surface area contributed by atoms with Gasteiger partial charge in [-0.3, -0.25) is 0 Å². The predicted molar refractivity (Wildman–Crippen MR) is 72.6 cm³/mol. The van der Waals surface area contributed by atoms with Crippen LogP contribution in [-0.4, -0.2) is 48.8 Å². The monoisotopic (exact) mass is 306 g/mol. The molecule has 0 aliphatic carbocycles. The van der Waals surface area contributed by atoms with Crippen molar-refractivity contribution in [3.63, 3.8) is 0 Å². The summed E-state index contributed by atoms with van der Waals surface area (Å²) in [6, 6.07) is 3.41. The molecule has 0 saturated carbocycles. The molecule has 8 heteroatoms. The van der Waals surface area contributed by atoms with Gasteiger partial charge in [0.25, 0.3) is 0 Å². The Morgan fingerprint density at radius 2 is 2.26 bits per heavy atom. The summed E-state index contributed by atoms with van der Waals surface area (Å²) in [5.74, 6) is -1.03. The van der Waals surface area contributed by atoms with Crippen molar-refractivity contribution in [2.45, 2.75) is 6.54 Å². The number of urea groups is 1. The van der Waals surface area contributed by atoms with Crippen LogP contribution in [0.25, 0.3) is 0 Å². The number of halogens is 1. The molecule has 0 spiro atoms. The van der Waals surface area contributed by atoms with Gasteiger partial charge in [0.15, 0.2) is 0 Å². The number of ether oxygens (including phenoxy) is 1. The largest absolute Gasteiger partial charge is 0.480 e. The third-order valence-electron chi connectivity index (χ3n) is 2.12. The molecule has 1 aromatic heterocycles. The quantitative estimate of drug-likeness (QED) is 0.751. The first kappa shape index (κ1) is 15.7. The number of hydrogen-bond acceptors (Lipinski definition) is 4. The van der Waals surface area contributed by atoms with Gasteiger partial charge in [-0.15, -0.1) is 11.3 Å². The van der Waals surface area contributed by atoms with E-state index in [9.17, 15) is 9.59 Å². The number of amides is 2. The molecule has 0 unspecified atom stereocenters. The van der Waals surface area contributed by atoms with Crippen LogP contribution in [0, 0.1) is 0 Å². The summed E-state index contributed by atoms with van der Waals surface area (Å²) < 4.78 is 5.48. The SMILES string of the molecule is CN(Cc1ccc(Cl)s1)C(=O)NCCOCC(=O)O. The molecular formula is C11H15ClN2O4S. The fourth-order valence-electron chi connectivity index (χ4n) is 1.27. The van der Waals surface area contributed by atoms with Crippen molar-refractivity contribution >= 4 is 34.9 Å². The Kier molecular flexibility index (Phi) is 6.61. The van der Waals surface area contributed by atoms with Crippen molar-refractivity contribution < 1.29 is 19.4 Å². The van der Waals surface area contributed by atoms with Gasteiger partial charge in [0.2, 0.25) is 0 Å². The van der Waals surface area contributed by atoms with Gasteiger partial charge in [0.1, 0.15) is 6.61 Å². The molecule has 0 saturated heterocycles. The third-order valence-corrected chi connectivity index (χ3v) is 3.33. The molecule has 1 aromatic rings. The van der Waals surface area contributed by atoms with Crippen LogP contribution in [0.4, 0.5) is 4.79 Å². The Balaban J connectivity index is 2.20. The highest BCUT2D eigenvalue weighted by atomic mass is 35.5. The lowest BCUT2D eigenvalue weighted by Gasteiger charge is -2.16. The molecule has 0 fully saturated rings. The first-order valence-corrected chi connectivity index (χ1v) is 6.71. The maximum atomic E-state index is 11.7. The number of hydrogen-bond donors (Lipinski definition) is 2. The van der Waals surface area contributed by atoms with Gasteiger partial charge in [-0.1, -0.05) is 11.6 Å². The van der Waals surface area contributed by atoms with Crippen molar-refractivity contribution in [3.05, 3.63) is 21.3 Å². The first-order valence-electron chi connectivity index (χ1n) is 5.51. The average Bonchev–Trinajstić information content (AvgIpc) is 2.73. The van der Waals surface area contributed by atoms with Crippen LogP contribution in [-0.2, 0) is 16.1 Å². The summed E-state index contributed by atoms with van der Waals surface area (Å²) in [7, 11) is 1.67. The molecule has 2 N–H and O–H groups in total. The second-order valence-electron chi connectivity index (χ2n) is 3.74. The number of thiophene rings is 1. The average molecular weight is 307 g/mol. The molecule has 1 heterocycles. The summed E-state index contributed by atoms with van der Waals surface area (Å²) in [6.07, 6.45) is 0. The summed E-state index contributed by atoms with van der Waals surface area (Å²) in [6.45, 7) is 0.539. The summed E-state index contributed by atoms with van der Waals surface area (Å²) in [5.41, 5.74) is 0. The Morgan fingerprint density at radius 3 is 2.84 bits per heavy atom. The molecule has 0 bridgehead atoms. The fraction of sp³-hybridized carbons (Fsp3) is 0.455. The second kappa shape index (κ2) is 7.98. The Hall–Kier alpha value is -1.31. The highest BCUT2D eigenvalue weighted by molar-refractivity contribution is 7.16. The van der Waals surface area contributed by atoms with E-state index in [1.807, 2.05) is 6.07 Å². The van der Waals surface area contributed by atoms with Gasteiger partial charge in [0.05, 0.1) is 17.5 Å². The number of carbonyl (C=O) groups excluding carboxylic acids is 1. The lowest BCUT2D eigenvalue weighted by molar-refractivity contribution is -0.142. The van der Waals surface area contributed by atoms with Gasteiger partial charge >= 0.3 is 12.0 Å². The molecule has 0 aliphatic rings. The van der Waals surface area contributed by atoms with Gasteiger partial charge < -0.3 is 20.1 Å². The summed E-state index contributed by atoms with van der Waals surface area (Å²) in [5, 5.41) is 11.0. The molecular weight excluding hydrogens is 292 g/mol. The number of nitrogens with zero attached hydrogens (tertiary/aromatic N) is 1. The number of nitrogens with one attached hydrogen (secondary N) is 1. The molecule has 0 aliphatic heterocycles. The minimum absolute atomic E-state index is 0.163. The van der Waals surface area contributed by atoms with Gasteiger partial charge in [-0.25, -0.2) is 9.59 Å². The van der Waals surface area contributed by atoms with Crippen molar-refractivity contribution in [1.82, 2.24) is 10.2 Å². The van der Waals surface area contributed by atoms with E-state index < -0.39 is 5.97 Å². The van der Waals surface area contributed by atoms with E-state index in [1.54, 1.807) is 13.1 Å². The first-order chi connectivity index (χ1) is 8.99. The Morgan fingerprint density at radius 1 is 1.53 bits per heavy atom. The van der Waals surface area contributed by atoms with Crippen molar-refractivity contribution in [3.8, 4) is 0 Å². The van der Waals surface area contributed by atoms with Crippen molar-refractivity contribution in [2.24, 2.45) is 0 Å². The minimum atomic E-state index is -1.03. The Labute approximate surface area is 119 Å². The summed E-state index contributed by atoms with van der Waals surface area (Å²) >= 11 is 7.22. The smallest absolute Gasteiger partial charge is 0.329 e. The van der Waals surface area contributed by atoms with Crippen LogP contribution >= 0.6 is 22.9 Å². The zero-order valence-electron chi connectivity index (χ0n) is 10.4. The summed E-state index contributed by atoms with van der Waals surface area (Å²) in [4.78, 5) is 24.3. The maximum absolute atomic E-state index is 11.7. The number of carboxylic acids is 1. The number of aliphatic carboxylic acids is 1. The number of carboxylic acid groups (broad SMARTS) is 1. The normalized spacial score (nSPS) is 10.2. The molecule has 0 atom stereocenters. The molecule has 1 rings (SSSR count). The highest BCUT2D eigenvalue weighted by Gasteiger charge is 2.09. The van der Waals surface area contributed by atoms with Crippen LogP contribution in [0.5, 0.6) is 0 Å². The highest BCUT2D eigenvalue weighted by Crippen LogP contribution is 2.22. The second-order valence-corrected chi connectivity index (χ2v) is 5.54. The van der Waals surface area contributed by atoms with Crippen LogP contribution < -0.4 is 5.32 Å². The molecule has 106 valence electrons. The minimum Gasteiger partial charge on any atom is -0.480 e. The molecule has 2 amide bonds. The molecule has 0 radical (unpaired) electrons. The predicted octanol–water partition coefficient (Wildman–Crippen LogP) is 1.64. The van der Waals surface area contributed by atoms with Crippen LogP contribution in [0.3, 0.4) is 0 Å². The lowest BCUT2D eigenvalue weighted by Crippen LogP contribution is -2.38. The molecule has 19 heavy (non-hydrogen) atoms. The van der Waals surface area contributed by atoms with Crippen molar-refractivity contribution in [2.75, 3.05) is 26.8 Å². The standard InChI is InChI=1S/C11H15ClN2O4S/c1-14(6-8-2-3-9(12)19-8)11(17)13-4-5-18-7-10(15)16/h2-3H,4-7H2,1H3,(H,13,17)(H,15,16). The van der Waals surface area contributed by atoms with Gasteiger partial charge in [-0.2, -0.15) is 0 Å². The zero-order chi connectivity index (χ0) is 14.3. The van der Waals surface area contributed by atoms with Crippen LogP contribution in [0.15, 0.2) is 12.1 Å². The molecule has 6 nitrogen and oxygen atoms in total.